The molecular weight excluding hydrogens is 450 g/mol. The second-order valence-corrected chi connectivity index (χ2v) is 8.72. The summed E-state index contributed by atoms with van der Waals surface area (Å²) in [6, 6.07) is 7.77. The summed E-state index contributed by atoms with van der Waals surface area (Å²) in [5.41, 5.74) is -0.254. The molecule has 2 heterocycles. The van der Waals surface area contributed by atoms with Crippen LogP contribution in [0.5, 0.6) is 0 Å². The molecule has 3 rings (SSSR count). The largest absolute Gasteiger partial charge is 0.507 e. The Bertz CT molecular complexity index is 1050. The van der Waals surface area contributed by atoms with Crippen LogP contribution in [0.2, 0.25) is 0 Å². The minimum Gasteiger partial charge on any atom is -0.507 e. The summed E-state index contributed by atoms with van der Waals surface area (Å²) in [7, 11) is 0. The zero-order chi connectivity index (χ0) is 25.4. The maximum absolute atomic E-state index is 13.0. The molecule has 1 atom stereocenters. The number of nitrogens with zero attached hydrogens (tertiary/aromatic N) is 3. The summed E-state index contributed by atoms with van der Waals surface area (Å²) in [5.74, 6) is -1.65. The van der Waals surface area contributed by atoms with Crippen molar-refractivity contribution < 1.29 is 24.0 Å². The number of aliphatic hydroxyl groups is 1. The van der Waals surface area contributed by atoms with Gasteiger partial charge in [-0.15, -0.1) is 0 Å². The second kappa shape index (κ2) is 12.3. The molecule has 0 unspecified atom stereocenters. The zero-order valence-corrected chi connectivity index (χ0v) is 20.3. The molecule has 0 aliphatic carbocycles. The van der Waals surface area contributed by atoms with E-state index in [1.807, 2.05) is 0 Å². The number of Topliss-reactive ketones (excluding diaryl/α,β-unsaturated/α-hetero) is 1. The Morgan fingerprint density at radius 1 is 1.09 bits per heavy atom. The fourth-order valence-corrected chi connectivity index (χ4v) is 4.34. The molecule has 1 N–H and O–H groups in total. The standard InChI is InChI=1S/C26H33N3O6/c1-3-5-13-27(14-6-4-2)15-9-16-28-23(21-12-8-17-35-21)22(25(31)26(28)32)24(30)19-10-7-11-20(18-19)29(33)34/h7-8,10-12,17-18,23,30H,3-6,9,13-16H2,1-2H3/t23-/m1/s1. The van der Waals surface area contributed by atoms with Crippen molar-refractivity contribution in [2.45, 2.75) is 52.0 Å². The smallest absolute Gasteiger partial charge is 0.295 e. The van der Waals surface area contributed by atoms with E-state index >= 15 is 0 Å². The van der Waals surface area contributed by atoms with Crippen LogP contribution in [0.1, 0.15) is 63.3 Å². The molecule has 188 valence electrons. The number of likely N-dealkylation sites (tertiary alicyclic amines) is 1. The Hall–Kier alpha value is -3.46. The van der Waals surface area contributed by atoms with Crippen molar-refractivity contribution >= 4 is 23.1 Å². The van der Waals surface area contributed by atoms with Crippen LogP contribution in [-0.4, -0.2) is 57.7 Å². The monoisotopic (exact) mass is 483 g/mol. The summed E-state index contributed by atoms with van der Waals surface area (Å²) in [5, 5.41) is 22.2. The maximum Gasteiger partial charge on any atom is 0.295 e. The fraction of sp³-hybridized carbons (Fsp3) is 0.462. The molecule has 1 amide bonds. The predicted octanol–water partition coefficient (Wildman–Crippen LogP) is 4.90. The van der Waals surface area contributed by atoms with Gasteiger partial charge in [0, 0.05) is 24.2 Å². The van der Waals surface area contributed by atoms with Crippen LogP contribution in [0, 0.1) is 10.1 Å². The molecule has 0 radical (unpaired) electrons. The van der Waals surface area contributed by atoms with E-state index in [0.29, 0.717) is 18.7 Å². The van der Waals surface area contributed by atoms with Crippen LogP contribution < -0.4 is 0 Å². The van der Waals surface area contributed by atoms with Crippen LogP contribution in [-0.2, 0) is 9.59 Å². The van der Waals surface area contributed by atoms with Crippen molar-refractivity contribution in [2.75, 3.05) is 26.2 Å². The summed E-state index contributed by atoms with van der Waals surface area (Å²) >= 11 is 0. The second-order valence-electron chi connectivity index (χ2n) is 8.72. The van der Waals surface area contributed by atoms with E-state index in [-0.39, 0.29) is 16.8 Å². The Balaban J connectivity index is 1.88. The first kappa shape index (κ1) is 26.2. The Labute approximate surface area is 205 Å². The number of unbranched alkanes of at least 4 members (excludes halogenated alkanes) is 2. The molecule has 1 aliphatic heterocycles. The highest BCUT2D eigenvalue weighted by atomic mass is 16.6. The van der Waals surface area contributed by atoms with Gasteiger partial charge in [-0.1, -0.05) is 38.8 Å². The van der Waals surface area contributed by atoms with Crippen molar-refractivity contribution in [2.24, 2.45) is 0 Å². The van der Waals surface area contributed by atoms with Crippen LogP contribution in [0.15, 0.2) is 52.7 Å². The zero-order valence-electron chi connectivity index (χ0n) is 20.3. The van der Waals surface area contributed by atoms with Gasteiger partial charge in [0.2, 0.25) is 0 Å². The number of hydrogen-bond donors (Lipinski definition) is 1. The van der Waals surface area contributed by atoms with E-state index in [2.05, 4.69) is 18.7 Å². The number of aliphatic hydroxyl groups excluding tert-OH is 1. The van der Waals surface area contributed by atoms with Crippen molar-refractivity contribution in [1.29, 1.82) is 0 Å². The molecule has 0 saturated carbocycles. The van der Waals surface area contributed by atoms with Gasteiger partial charge in [0.15, 0.2) is 0 Å². The molecule has 1 saturated heterocycles. The van der Waals surface area contributed by atoms with Gasteiger partial charge < -0.3 is 19.3 Å². The van der Waals surface area contributed by atoms with E-state index in [0.717, 1.165) is 45.3 Å². The lowest BCUT2D eigenvalue weighted by Gasteiger charge is -2.26. The van der Waals surface area contributed by atoms with E-state index in [1.165, 1.54) is 35.4 Å². The molecule has 2 aromatic rings. The summed E-state index contributed by atoms with van der Waals surface area (Å²) < 4.78 is 5.55. The van der Waals surface area contributed by atoms with Gasteiger partial charge in [0.25, 0.3) is 17.4 Å². The highest BCUT2D eigenvalue weighted by Crippen LogP contribution is 2.39. The maximum atomic E-state index is 13.0. The molecule has 1 aliphatic rings. The van der Waals surface area contributed by atoms with Gasteiger partial charge in [-0.2, -0.15) is 0 Å². The lowest BCUT2D eigenvalue weighted by Crippen LogP contribution is -2.34. The Kier molecular flexibility index (Phi) is 9.19. The third-order valence-electron chi connectivity index (χ3n) is 6.21. The first-order valence-electron chi connectivity index (χ1n) is 12.2. The molecule has 1 aromatic heterocycles. The number of amides is 1. The Morgan fingerprint density at radius 2 is 1.77 bits per heavy atom. The third kappa shape index (κ3) is 6.16. The number of benzene rings is 1. The number of non-ortho nitro benzene ring substituents is 1. The molecular formula is C26H33N3O6. The molecule has 35 heavy (non-hydrogen) atoms. The summed E-state index contributed by atoms with van der Waals surface area (Å²) in [6.07, 6.45) is 6.52. The molecule has 9 heteroatoms. The van der Waals surface area contributed by atoms with Crippen molar-refractivity contribution in [3.05, 3.63) is 69.7 Å². The number of carbonyl (C=O) groups excluding carboxylic acids is 2. The third-order valence-corrected chi connectivity index (χ3v) is 6.21. The van der Waals surface area contributed by atoms with E-state index in [4.69, 9.17) is 4.42 Å². The summed E-state index contributed by atoms with van der Waals surface area (Å²) in [6.45, 7) is 7.40. The molecule has 1 aromatic carbocycles. The fourth-order valence-electron chi connectivity index (χ4n) is 4.34. The normalized spacial score (nSPS) is 17.5. The number of rotatable bonds is 13. The van der Waals surface area contributed by atoms with Gasteiger partial charge >= 0.3 is 0 Å². The lowest BCUT2D eigenvalue weighted by molar-refractivity contribution is -0.384. The van der Waals surface area contributed by atoms with Gasteiger partial charge in [0.1, 0.15) is 17.6 Å². The molecule has 1 fully saturated rings. The average molecular weight is 484 g/mol. The minimum atomic E-state index is -0.899. The number of nitro groups is 1. The average Bonchev–Trinajstić information content (AvgIpc) is 3.47. The Morgan fingerprint density at radius 3 is 2.37 bits per heavy atom. The van der Waals surface area contributed by atoms with Gasteiger partial charge in [-0.05, 0) is 51.0 Å². The van der Waals surface area contributed by atoms with Crippen LogP contribution in [0.3, 0.4) is 0 Å². The SMILES string of the molecule is CCCCN(CCCC)CCCN1C(=O)C(=O)C(=C(O)c2cccc([N+](=O)[O-])c2)[C@H]1c1ccco1. The number of carbonyl (C=O) groups is 2. The molecule has 0 spiro atoms. The van der Waals surface area contributed by atoms with Crippen LogP contribution in [0.4, 0.5) is 5.69 Å². The highest BCUT2D eigenvalue weighted by molar-refractivity contribution is 6.46. The number of ketones is 1. The minimum absolute atomic E-state index is 0.0964. The summed E-state index contributed by atoms with van der Waals surface area (Å²) in [4.78, 5) is 40.5. The number of furan rings is 1. The predicted molar refractivity (Wildman–Crippen MR) is 132 cm³/mol. The van der Waals surface area contributed by atoms with Crippen LogP contribution >= 0.6 is 0 Å². The lowest BCUT2D eigenvalue weighted by atomic mass is 9.99. The van der Waals surface area contributed by atoms with E-state index in [9.17, 15) is 24.8 Å². The van der Waals surface area contributed by atoms with Gasteiger partial charge in [-0.3, -0.25) is 19.7 Å². The van der Waals surface area contributed by atoms with Gasteiger partial charge in [0.05, 0.1) is 16.8 Å². The first-order valence-corrected chi connectivity index (χ1v) is 12.2. The first-order chi connectivity index (χ1) is 16.9. The van der Waals surface area contributed by atoms with Gasteiger partial charge in [-0.25, -0.2) is 0 Å². The number of hydrogen-bond acceptors (Lipinski definition) is 7. The highest BCUT2D eigenvalue weighted by Gasteiger charge is 2.47. The molecule has 9 nitrogen and oxygen atoms in total. The van der Waals surface area contributed by atoms with E-state index < -0.39 is 28.4 Å². The quantitative estimate of drug-likeness (QED) is 0.142. The van der Waals surface area contributed by atoms with Crippen LogP contribution in [0.25, 0.3) is 5.76 Å². The topological polar surface area (TPSA) is 117 Å². The van der Waals surface area contributed by atoms with Crippen molar-refractivity contribution in [1.82, 2.24) is 9.80 Å². The molecule has 0 bridgehead atoms. The van der Waals surface area contributed by atoms with Crippen molar-refractivity contribution in [3.63, 3.8) is 0 Å². The van der Waals surface area contributed by atoms with E-state index in [1.54, 1.807) is 12.1 Å². The van der Waals surface area contributed by atoms with Crippen molar-refractivity contribution in [3.8, 4) is 0 Å². The number of nitro benzene ring substituents is 1.